The number of halogens is 2. The van der Waals surface area contributed by atoms with Crippen molar-refractivity contribution in [3.8, 4) is 5.75 Å². The van der Waals surface area contributed by atoms with Crippen LogP contribution in [0.3, 0.4) is 0 Å². The molecule has 0 aliphatic carbocycles. The average molecular weight is 262 g/mol. The van der Waals surface area contributed by atoms with Gasteiger partial charge < -0.3 is 10.5 Å². The van der Waals surface area contributed by atoms with Crippen molar-refractivity contribution in [3.63, 3.8) is 0 Å². The molecule has 0 saturated carbocycles. The van der Waals surface area contributed by atoms with Gasteiger partial charge in [-0.3, -0.25) is 0 Å². The predicted molar refractivity (Wildman–Crippen MR) is 57.9 cm³/mol. The van der Waals surface area contributed by atoms with E-state index in [0.29, 0.717) is 15.8 Å². The number of benzene rings is 1. The maximum atomic E-state index is 13.6. The van der Waals surface area contributed by atoms with Crippen LogP contribution in [0, 0.1) is 5.82 Å². The topological polar surface area (TPSA) is 35.2 Å². The summed E-state index contributed by atoms with van der Waals surface area (Å²) in [6, 6.07) is 3.08. The smallest absolute Gasteiger partial charge is 0.133 e. The molecule has 0 spiro atoms. The number of rotatable bonds is 2. The zero-order valence-electron chi connectivity index (χ0n) is 8.40. The van der Waals surface area contributed by atoms with Gasteiger partial charge in [0.05, 0.1) is 7.11 Å². The van der Waals surface area contributed by atoms with E-state index in [-0.39, 0.29) is 5.82 Å². The quantitative estimate of drug-likeness (QED) is 0.889. The summed E-state index contributed by atoms with van der Waals surface area (Å²) in [4.78, 5) is 0. The lowest BCUT2D eigenvalue weighted by atomic mass is 9.94. The molecule has 1 aromatic carbocycles. The van der Waals surface area contributed by atoms with Crippen molar-refractivity contribution >= 4 is 15.9 Å². The first-order chi connectivity index (χ1) is 6.36. The lowest BCUT2D eigenvalue weighted by Crippen LogP contribution is -2.30. The number of ether oxygens (including phenoxy) is 1. The van der Waals surface area contributed by atoms with Crippen molar-refractivity contribution in [2.75, 3.05) is 7.11 Å². The maximum absolute atomic E-state index is 13.6. The van der Waals surface area contributed by atoms with Crippen LogP contribution in [0.5, 0.6) is 5.75 Å². The molecular formula is C10H13BrFNO. The van der Waals surface area contributed by atoms with Gasteiger partial charge in [-0.2, -0.15) is 0 Å². The van der Waals surface area contributed by atoms with E-state index in [4.69, 9.17) is 10.5 Å². The average Bonchev–Trinajstić information content (AvgIpc) is 1.99. The SMILES string of the molecule is COc1cc(Br)cc(F)c1C(C)(C)N. The number of methoxy groups -OCH3 is 1. The summed E-state index contributed by atoms with van der Waals surface area (Å²) in [6.45, 7) is 3.48. The second-order valence-electron chi connectivity index (χ2n) is 3.69. The zero-order chi connectivity index (χ0) is 10.9. The molecule has 0 fully saturated rings. The highest BCUT2D eigenvalue weighted by Crippen LogP contribution is 2.33. The van der Waals surface area contributed by atoms with E-state index < -0.39 is 5.54 Å². The van der Waals surface area contributed by atoms with Gasteiger partial charge in [0.15, 0.2) is 0 Å². The van der Waals surface area contributed by atoms with Crippen LogP contribution in [0.25, 0.3) is 0 Å². The Bertz CT molecular complexity index is 347. The Hall–Kier alpha value is -0.610. The van der Waals surface area contributed by atoms with Crippen LogP contribution in [0.15, 0.2) is 16.6 Å². The molecule has 0 atom stereocenters. The number of hydrogen-bond donors (Lipinski definition) is 1. The molecule has 1 aromatic rings. The third-order valence-electron chi connectivity index (χ3n) is 1.88. The molecular weight excluding hydrogens is 249 g/mol. The largest absolute Gasteiger partial charge is 0.496 e. The minimum atomic E-state index is -0.754. The van der Waals surface area contributed by atoms with Gasteiger partial charge >= 0.3 is 0 Å². The van der Waals surface area contributed by atoms with Crippen LogP contribution < -0.4 is 10.5 Å². The van der Waals surface area contributed by atoms with Crippen molar-refractivity contribution < 1.29 is 9.13 Å². The second kappa shape index (κ2) is 3.87. The van der Waals surface area contributed by atoms with Gasteiger partial charge in [-0.15, -0.1) is 0 Å². The van der Waals surface area contributed by atoms with E-state index in [9.17, 15) is 4.39 Å². The fraction of sp³-hybridized carbons (Fsp3) is 0.400. The third-order valence-corrected chi connectivity index (χ3v) is 2.34. The maximum Gasteiger partial charge on any atom is 0.133 e. The van der Waals surface area contributed by atoms with Gasteiger partial charge in [-0.25, -0.2) is 4.39 Å². The van der Waals surface area contributed by atoms with Crippen LogP contribution in [0.1, 0.15) is 19.4 Å². The van der Waals surface area contributed by atoms with Gasteiger partial charge in [0, 0.05) is 15.6 Å². The molecule has 0 radical (unpaired) electrons. The first kappa shape index (κ1) is 11.5. The highest BCUT2D eigenvalue weighted by Gasteiger charge is 2.24. The Morgan fingerprint density at radius 2 is 2.00 bits per heavy atom. The van der Waals surface area contributed by atoms with Gasteiger partial charge in [0.1, 0.15) is 11.6 Å². The van der Waals surface area contributed by atoms with Crippen LogP contribution in [0.2, 0.25) is 0 Å². The van der Waals surface area contributed by atoms with Crippen molar-refractivity contribution in [3.05, 3.63) is 28.0 Å². The lowest BCUT2D eigenvalue weighted by Gasteiger charge is -2.22. The predicted octanol–water partition coefficient (Wildman–Crippen LogP) is 2.79. The number of hydrogen-bond acceptors (Lipinski definition) is 2. The molecule has 0 aromatic heterocycles. The molecule has 0 unspecified atom stereocenters. The van der Waals surface area contributed by atoms with Crippen molar-refractivity contribution in [1.82, 2.24) is 0 Å². The van der Waals surface area contributed by atoms with E-state index in [1.54, 1.807) is 19.9 Å². The van der Waals surface area contributed by atoms with E-state index in [0.717, 1.165) is 0 Å². The minimum absolute atomic E-state index is 0.358. The van der Waals surface area contributed by atoms with Crippen molar-refractivity contribution in [1.29, 1.82) is 0 Å². The lowest BCUT2D eigenvalue weighted by molar-refractivity contribution is 0.383. The molecule has 1 rings (SSSR count). The van der Waals surface area contributed by atoms with Crippen LogP contribution in [0.4, 0.5) is 4.39 Å². The molecule has 0 aliphatic heterocycles. The standard InChI is InChI=1S/C10H13BrFNO/c1-10(2,13)9-7(12)4-6(11)5-8(9)14-3/h4-5H,13H2,1-3H3. The van der Waals surface area contributed by atoms with E-state index in [2.05, 4.69) is 15.9 Å². The molecule has 2 nitrogen and oxygen atoms in total. The summed E-state index contributed by atoms with van der Waals surface area (Å²) in [7, 11) is 1.50. The molecule has 0 amide bonds. The Balaban J connectivity index is 3.40. The van der Waals surface area contributed by atoms with Gasteiger partial charge in [-0.1, -0.05) is 15.9 Å². The molecule has 14 heavy (non-hydrogen) atoms. The Morgan fingerprint density at radius 1 is 1.43 bits per heavy atom. The van der Waals surface area contributed by atoms with E-state index in [1.165, 1.54) is 13.2 Å². The molecule has 0 aliphatic rings. The summed E-state index contributed by atoms with van der Waals surface area (Å²) >= 11 is 3.19. The molecule has 0 heterocycles. The Morgan fingerprint density at radius 3 is 2.43 bits per heavy atom. The summed E-state index contributed by atoms with van der Waals surface area (Å²) in [5.41, 5.74) is 5.49. The molecule has 78 valence electrons. The van der Waals surface area contributed by atoms with Crippen LogP contribution in [-0.4, -0.2) is 7.11 Å². The minimum Gasteiger partial charge on any atom is -0.496 e. The van der Waals surface area contributed by atoms with Crippen LogP contribution >= 0.6 is 15.9 Å². The molecule has 2 N–H and O–H groups in total. The normalized spacial score (nSPS) is 11.6. The number of nitrogens with two attached hydrogens (primary N) is 1. The molecule has 0 bridgehead atoms. The highest BCUT2D eigenvalue weighted by molar-refractivity contribution is 9.10. The fourth-order valence-corrected chi connectivity index (χ4v) is 1.75. The summed E-state index contributed by atoms with van der Waals surface area (Å²) in [5, 5.41) is 0. The molecule has 0 saturated heterocycles. The monoisotopic (exact) mass is 261 g/mol. The van der Waals surface area contributed by atoms with E-state index in [1.807, 2.05) is 0 Å². The first-order valence-corrected chi connectivity index (χ1v) is 4.98. The summed E-state index contributed by atoms with van der Waals surface area (Å²) in [6.07, 6.45) is 0. The first-order valence-electron chi connectivity index (χ1n) is 4.18. The van der Waals surface area contributed by atoms with E-state index >= 15 is 0 Å². The molecule has 4 heteroatoms. The van der Waals surface area contributed by atoms with Gasteiger partial charge in [-0.05, 0) is 26.0 Å². The fourth-order valence-electron chi connectivity index (χ4n) is 1.34. The van der Waals surface area contributed by atoms with Crippen molar-refractivity contribution in [2.24, 2.45) is 5.73 Å². The highest BCUT2D eigenvalue weighted by atomic mass is 79.9. The Labute approximate surface area is 91.4 Å². The zero-order valence-corrected chi connectivity index (χ0v) is 9.98. The summed E-state index contributed by atoms with van der Waals surface area (Å²) in [5.74, 6) is 0.105. The third kappa shape index (κ3) is 2.25. The Kier molecular flexibility index (Phi) is 3.17. The van der Waals surface area contributed by atoms with Gasteiger partial charge in [0.25, 0.3) is 0 Å². The second-order valence-corrected chi connectivity index (χ2v) is 4.60. The van der Waals surface area contributed by atoms with Gasteiger partial charge in [0.2, 0.25) is 0 Å². The van der Waals surface area contributed by atoms with Crippen LogP contribution in [-0.2, 0) is 5.54 Å². The van der Waals surface area contributed by atoms with Crippen molar-refractivity contribution in [2.45, 2.75) is 19.4 Å². The summed E-state index contributed by atoms with van der Waals surface area (Å²) < 4.78 is 19.3.